The molecule has 0 spiro atoms. The number of hydrogen-bond donors (Lipinski definition) is 0. The largest absolute Gasteiger partial charge is 0.354 e. The lowest BCUT2D eigenvalue weighted by atomic mass is 10.0. The third-order valence-corrected chi connectivity index (χ3v) is 7.68. The van der Waals surface area contributed by atoms with Gasteiger partial charge in [-0.25, -0.2) is 13.4 Å². The van der Waals surface area contributed by atoms with E-state index in [-0.39, 0.29) is 5.16 Å². The fourth-order valence-corrected chi connectivity index (χ4v) is 5.93. The van der Waals surface area contributed by atoms with Crippen LogP contribution in [0, 0.1) is 11.8 Å². The van der Waals surface area contributed by atoms with E-state index in [0.717, 1.165) is 30.2 Å². The lowest BCUT2D eigenvalue weighted by molar-refractivity contribution is 0.444. The Hall–Kier alpha value is -2.78. The van der Waals surface area contributed by atoms with Crippen LogP contribution in [0.3, 0.4) is 0 Å². The normalized spacial score (nSPS) is 22.2. The molecule has 29 heavy (non-hydrogen) atoms. The van der Waals surface area contributed by atoms with Gasteiger partial charge in [-0.2, -0.15) is 4.31 Å². The number of anilines is 1. The van der Waals surface area contributed by atoms with Gasteiger partial charge in [0.2, 0.25) is 5.16 Å². The second kappa shape index (κ2) is 6.93. The van der Waals surface area contributed by atoms with Gasteiger partial charge < -0.3 is 9.47 Å². The molecule has 4 heterocycles. The summed E-state index contributed by atoms with van der Waals surface area (Å²) in [4.78, 5) is 6.24. The van der Waals surface area contributed by atoms with Crippen LogP contribution in [0.15, 0.2) is 60.0 Å². The first-order valence-electron chi connectivity index (χ1n) is 9.64. The van der Waals surface area contributed by atoms with Crippen molar-refractivity contribution in [2.75, 3.05) is 31.1 Å². The molecule has 9 heteroatoms. The zero-order valence-electron chi connectivity index (χ0n) is 16.1. The number of fused-ring (bicyclic) bond motifs is 1. The first-order valence-corrected chi connectivity index (χ1v) is 11.1. The SMILES string of the molecule is Cn1ccnc1S(=O)(=O)N1CC2CN(c3ccc(-c4ccccc4)nn3)CC2C1. The van der Waals surface area contributed by atoms with Crippen molar-refractivity contribution in [3.05, 3.63) is 54.9 Å². The standard InChI is InChI=1S/C20H22N6O2S/c1-24-10-9-21-20(24)29(27,28)26-13-16-11-25(12-17(16)14-26)19-8-7-18(22-23-19)15-5-3-2-4-6-15/h2-10,16-17H,11-14H2,1H3. The van der Waals surface area contributed by atoms with Crippen LogP contribution < -0.4 is 4.90 Å². The van der Waals surface area contributed by atoms with Crippen LogP contribution in [0.5, 0.6) is 0 Å². The summed E-state index contributed by atoms with van der Waals surface area (Å²) in [6, 6.07) is 14.0. The van der Waals surface area contributed by atoms with E-state index >= 15 is 0 Å². The van der Waals surface area contributed by atoms with Crippen molar-refractivity contribution >= 4 is 15.8 Å². The van der Waals surface area contributed by atoms with E-state index in [1.165, 1.54) is 6.20 Å². The maximum absolute atomic E-state index is 12.9. The zero-order chi connectivity index (χ0) is 20.0. The molecule has 2 unspecified atom stereocenters. The van der Waals surface area contributed by atoms with Crippen LogP contribution >= 0.6 is 0 Å². The summed E-state index contributed by atoms with van der Waals surface area (Å²) < 4.78 is 28.9. The molecular weight excluding hydrogens is 388 g/mol. The second-order valence-electron chi connectivity index (χ2n) is 7.71. The maximum Gasteiger partial charge on any atom is 0.277 e. The maximum atomic E-state index is 12.9. The number of imidazole rings is 1. The topological polar surface area (TPSA) is 84.2 Å². The van der Waals surface area contributed by atoms with Crippen LogP contribution in [0.4, 0.5) is 5.82 Å². The van der Waals surface area contributed by atoms with Crippen LogP contribution in [-0.4, -0.2) is 58.7 Å². The zero-order valence-corrected chi connectivity index (χ0v) is 16.9. The molecule has 2 saturated heterocycles. The summed E-state index contributed by atoms with van der Waals surface area (Å²) in [7, 11) is -1.84. The number of aromatic nitrogens is 4. The van der Waals surface area contributed by atoms with Gasteiger partial charge in [-0.1, -0.05) is 30.3 Å². The van der Waals surface area contributed by atoms with Crippen molar-refractivity contribution in [2.24, 2.45) is 18.9 Å². The molecule has 2 fully saturated rings. The highest BCUT2D eigenvalue weighted by Gasteiger charge is 2.45. The molecule has 5 rings (SSSR count). The van der Waals surface area contributed by atoms with E-state index in [0.29, 0.717) is 24.9 Å². The van der Waals surface area contributed by atoms with Gasteiger partial charge in [0.1, 0.15) is 0 Å². The minimum Gasteiger partial charge on any atom is -0.354 e. The van der Waals surface area contributed by atoms with Crippen molar-refractivity contribution in [3.63, 3.8) is 0 Å². The van der Waals surface area contributed by atoms with E-state index in [2.05, 4.69) is 20.1 Å². The molecule has 0 bridgehead atoms. The van der Waals surface area contributed by atoms with E-state index in [1.807, 2.05) is 42.5 Å². The molecule has 1 aromatic carbocycles. The average molecular weight is 411 g/mol. The van der Waals surface area contributed by atoms with Crippen molar-refractivity contribution in [1.29, 1.82) is 0 Å². The van der Waals surface area contributed by atoms with Gasteiger partial charge in [-0.05, 0) is 24.0 Å². The number of sulfonamides is 1. The molecule has 2 aliphatic rings. The number of rotatable bonds is 4. The lowest BCUT2D eigenvalue weighted by Crippen LogP contribution is -2.34. The van der Waals surface area contributed by atoms with E-state index < -0.39 is 10.0 Å². The van der Waals surface area contributed by atoms with E-state index in [9.17, 15) is 8.42 Å². The van der Waals surface area contributed by atoms with Gasteiger partial charge in [0.05, 0.1) is 5.69 Å². The van der Waals surface area contributed by atoms with Gasteiger partial charge in [-0.3, -0.25) is 0 Å². The van der Waals surface area contributed by atoms with Crippen molar-refractivity contribution in [3.8, 4) is 11.3 Å². The number of aryl methyl sites for hydroxylation is 1. The first kappa shape index (κ1) is 18.3. The summed E-state index contributed by atoms with van der Waals surface area (Å²) >= 11 is 0. The molecule has 8 nitrogen and oxygen atoms in total. The summed E-state index contributed by atoms with van der Waals surface area (Å²) in [6.07, 6.45) is 3.17. The molecule has 2 atom stereocenters. The predicted octanol–water partition coefficient (Wildman–Crippen LogP) is 1.63. The monoisotopic (exact) mass is 410 g/mol. The molecule has 2 aliphatic heterocycles. The van der Waals surface area contributed by atoms with Gasteiger partial charge in [0.15, 0.2) is 5.82 Å². The Morgan fingerprint density at radius 3 is 2.24 bits per heavy atom. The number of hydrogen-bond acceptors (Lipinski definition) is 6. The van der Waals surface area contributed by atoms with Crippen molar-refractivity contribution in [2.45, 2.75) is 5.16 Å². The van der Waals surface area contributed by atoms with Crippen LogP contribution in [0.25, 0.3) is 11.3 Å². The molecule has 2 aromatic heterocycles. The molecule has 0 amide bonds. The third-order valence-electron chi connectivity index (χ3n) is 5.84. The summed E-state index contributed by atoms with van der Waals surface area (Å²) in [5.74, 6) is 1.43. The highest BCUT2D eigenvalue weighted by atomic mass is 32.2. The fourth-order valence-electron chi connectivity index (χ4n) is 4.31. The van der Waals surface area contributed by atoms with E-state index in [4.69, 9.17) is 0 Å². The molecule has 0 aliphatic carbocycles. The quantitative estimate of drug-likeness (QED) is 0.650. The molecular formula is C20H22N6O2S. The summed E-state index contributed by atoms with van der Waals surface area (Å²) in [6.45, 7) is 2.62. The van der Waals surface area contributed by atoms with Gasteiger partial charge in [0.25, 0.3) is 10.0 Å². The average Bonchev–Trinajstić information content (AvgIpc) is 3.43. The van der Waals surface area contributed by atoms with Gasteiger partial charge in [0, 0.05) is 51.2 Å². The molecule has 0 saturated carbocycles. The minimum atomic E-state index is -3.55. The Balaban J connectivity index is 1.27. The Morgan fingerprint density at radius 2 is 1.66 bits per heavy atom. The Bertz CT molecular complexity index is 1100. The van der Waals surface area contributed by atoms with Crippen LogP contribution in [-0.2, 0) is 17.1 Å². The first-order chi connectivity index (χ1) is 14.0. The summed E-state index contributed by atoms with van der Waals surface area (Å²) in [5, 5.41) is 8.90. The number of benzene rings is 1. The smallest absolute Gasteiger partial charge is 0.277 e. The lowest BCUT2D eigenvalue weighted by Gasteiger charge is -2.21. The minimum absolute atomic E-state index is 0.108. The molecule has 0 radical (unpaired) electrons. The van der Waals surface area contributed by atoms with Crippen molar-refractivity contribution in [1.82, 2.24) is 24.1 Å². The second-order valence-corrected chi connectivity index (χ2v) is 9.54. The Labute approximate surface area is 169 Å². The molecule has 150 valence electrons. The number of nitrogens with zero attached hydrogens (tertiary/aromatic N) is 6. The molecule has 3 aromatic rings. The van der Waals surface area contributed by atoms with Crippen LogP contribution in [0.2, 0.25) is 0 Å². The van der Waals surface area contributed by atoms with Gasteiger partial charge in [-0.15, -0.1) is 10.2 Å². The predicted molar refractivity (Wildman–Crippen MR) is 109 cm³/mol. The highest BCUT2D eigenvalue weighted by molar-refractivity contribution is 7.89. The Morgan fingerprint density at radius 1 is 0.931 bits per heavy atom. The van der Waals surface area contributed by atoms with E-state index in [1.54, 1.807) is 22.1 Å². The highest BCUT2D eigenvalue weighted by Crippen LogP contribution is 2.35. The summed E-state index contributed by atoms with van der Waals surface area (Å²) in [5.41, 5.74) is 1.89. The van der Waals surface area contributed by atoms with Gasteiger partial charge >= 0.3 is 0 Å². The van der Waals surface area contributed by atoms with Crippen LogP contribution in [0.1, 0.15) is 0 Å². The van der Waals surface area contributed by atoms with Crippen molar-refractivity contribution < 1.29 is 8.42 Å². The molecule has 0 N–H and O–H groups in total. The third kappa shape index (κ3) is 3.20. The fraction of sp³-hybridized carbons (Fsp3) is 0.350. The Kier molecular flexibility index (Phi) is 4.36.